The Kier molecular flexibility index (Phi) is 4.31. The Morgan fingerprint density at radius 2 is 2.12 bits per heavy atom. The van der Waals surface area contributed by atoms with Gasteiger partial charge in [-0.25, -0.2) is 0 Å². The zero-order valence-corrected chi connectivity index (χ0v) is 9.83. The number of ether oxygens (including phenoxy) is 1. The van der Waals surface area contributed by atoms with E-state index in [9.17, 15) is 4.79 Å². The summed E-state index contributed by atoms with van der Waals surface area (Å²) in [6, 6.07) is 3.95. The van der Waals surface area contributed by atoms with E-state index in [0.29, 0.717) is 6.54 Å². The molecule has 4 nitrogen and oxygen atoms in total. The van der Waals surface area contributed by atoms with Gasteiger partial charge in [-0.05, 0) is 31.0 Å². The number of aliphatic hydroxyl groups excluding tert-OH is 1. The molecule has 4 heteroatoms. The van der Waals surface area contributed by atoms with Crippen molar-refractivity contribution in [1.82, 2.24) is 5.32 Å². The van der Waals surface area contributed by atoms with Crippen LogP contribution in [0.5, 0.6) is 5.75 Å². The summed E-state index contributed by atoms with van der Waals surface area (Å²) in [5.74, 6) is 0.373. The topological polar surface area (TPSA) is 58.6 Å². The molecule has 0 heterocycles. The molecule has 0 saturated heterocycles. The van der Waals surface area contributed by atoms with Crippen molar-refractivity contribution in [1.29, 1.82) is 0 Å². The zero-order chi connectivity index (χ0) is 12.1. The van der Waals surface area contributed by atoms with E-state index in [0.717, 1.165) is 22.4 Å². The van der Waals surface area contributed by atoms with E-state index in [1.54, 1.807) is 7.11 Å². The van der Waals surface area contributed by atoms with Crippen molar-refractivity contribution < 1.29 is 14.6 Å². The Bertz CT molecular complexity index is 388. The van der Waals surface area contributed by atoms with Gasteiger partial charge in [0.15, 0.2) is 0 Å². The molecule has 0 bridgehead atoms. The second kappa shape index (κ2) is 5.51. The summed E-state index contributed by atoms with van der Waals surface area (Å²) in [6.07, 6.45) is 0. The second-order valence-corrected chi connectivity index (χ2v) is 3.70. The lowest BCUT2D eigenvalue weighted by molar-refractivity contribution is -0.123. The number of nitrogens with one attached hydrogen (secondary N) is 1. The number of carbonyl (C=O) groups excluding carboxylic acids is 1. The number of hydrogen-bond donors (Lipinski definition) is 2. The van der Waals surface area contributed by atoms with Gasteiger partial charge in [0.2, 0.25) is 5.91 Å². The fourth-order valence-corrected chi connectivity index (χ4v) is 1.61. The predicted octanol–water partition coefficient (Wildman–Crippen LogP) is 0.921. The van der Waals surface area contributed by atoms with Crippen LogP contribution in [0.3, 0.4) is 0 Å². The number of carbonyl (C=O) groups is 1. The molecule has 0 aliphatic rings. The predicted molar refractivity (Wildman–Crippen MR) is 61.4 cm³/mol. The van der Waals surface area contributed by atoms with Crippen molar-refractivity contribution in [2.24, 2.45) is 0 Å². The lowest BCUT2D eigenvalue weighted by Gasteiger charge is -2.13. The molecule has 0 saturated carbocycles. The molecule has 1 rings (SSSR count). The molecule has 1 amide bonds. The van der Waals surface area contributed by atoms with Gasteiger partial charge in [0.25, 0.3) is 0 Å². The van der Waals surface area contributed by atoms with Crippen LogP contribution in [0.2, 0.25) is 0 Å². The summed E-state index contributed by atoms with van der Waals surface area (Å²) in [4.78, 5) is 11.0. The smallest absolute Gasteiger partial charge is 0.245 e. The summed E-state index contributed by atoms with van der Waals surface area (Å²) in [5.41, 5.74) is 3.12. The van der Waals surface area contributed by atoms with Crippen molar-refractivity contribution in [3.63, 3.8) is 0 Å². The minimum absolute atomic E-state index is 0.370. The van der Waals surface area contributed by atoms with Gasteiger partial charge in [-0.1, -0.05) is 6.07 Å². The van der Waals surface area contributed by atoms with E-state index in [2.05, 4.69) is 5.32 Å². The summed E-state index contributed by atoms with van der Waals surface area (Å²) in [7, 11) is 1.60. The molecule has 0 aromatic heterocycles. The van der Waals surface area contributed by atoms with Gasteiger partial charge in [0, 0.05) is 12.1 Å². The van der Waals surface area contributed by atoms with E-state index in [4.69, 9.17) is 9.84 Å². The molecule has 0 fully saturated rings. The maximum atomic E-state index is 11.0. The van der Waals surface area contributed by atoms with Crippen LogP contribution in [-0.2, 0) is 11.3 Å². The van der Waals surface area contributed by atoms with Crippen LogP contribution in [-0.4, -0.2) is 24.7 Å². The fraction of sp³-hybridized carbons (Fsp3) is 0.417. The number of hydrogen-bond acceptors (Lipinski definition) is 3. The van der Waals surface area contributed by atoms with Gasteiger partial charge in [-0.3, -0.25) is 4.79 Å². The van der Waals surface area contributed by atoms with Crippen LogP contribution in [0.15, 0.2) is 12.1 Å². The molecule has 0 atom stereocenters. The van der Waals surface area contributed by atoms with Crippen molar-refractivity contribution in [3.05, 3.63) is 28.8 Å². The van der Waals surface area contributed by atoms with Crippen LogP contribution in [0.1, 0.15) is 16.7 Å². The Balaban J connectivity index is 2.89. The molecule has 0 aliphatic carbocycles. The van der Waals surface area contributed by atoms with E-state index in [-0.39, 0.29) is 5.91 Å². The number of methoxy groups -OCH3 is 1. The summed E-state index contributed by atoms with van der Waals surface area (Å²) in [5, 5.41) is 11.2. The second-order valence-electron chi connectivity index (χ2n) is 3.70. The van der Waals surface area contributed by atoms with Crippen molar-refractivity contribution in [2.45, 2.75) is 20.4 Å². The Morgan fingerprint density at radius 3 is 2.69 bits per heavy atom. The highest BCUT2D eigenvalue weighted by molar-refractivity contribution is 5.77. The highest BCUT2D eigenvalue weighted by Gasteiger charge is 2.08. The fourth-order valence-electron chi connectivity index (χ4n) is 1.61. The number of amides is 1. The van der Waals surface area contributed by atoms with Gasteiger partial charge in [0.1, 0.15) is 12.4 Å². The molecule has 0 radical (unpaired) electrons. The minimum Gasteiger partial charge on any atom is -0.496 e. The molecule has 0 aliphatic heterocycles. The third-order valence-corrected chi connectivity index (χ3v) is 2.40. The molecular formula is C12H17NO3. The van der Waals surface area contributed by atoms with Gasteiger partial charge in [0.05, 0.1) is 7.11 Å². The SMILES string of the molecule is COc1cc(C)cc(C)c1CNC(=O)CO. The molecule has 88 valence electrons. The molecule has 2 N–H and O–H groups in total. The Morgan fingerprint density at radius 1 is 1.44 bits per heavy atom. The number of benzene rings is 1. The van der Waals surface area contributed by atoms with E-state index in [1.165, 1.54) is 0 Å². The van der Waals surface area contributed by atoms with Gasteiger partial charge >= 0.3 is 0 Å². The highest BCUT2D eigenvalue weighted by atomic mass is 16.5. The monoisotopic (exact) mass is 223 g/mol. The van der Waals surface area contributed by atoms with Crippen LogP contribution in [0, 0.1) is 13.8 Å². The molecule has 16 heavy (non-hydrogen) atoms. The standard InChI is InChI=1S/C12H17NO3/c1-8-4-9(2)10(11(5-8)16-3)6-13-12(15)7-14/h4-5,14H,6-7H2,1-3H3,(H,13,15). The van der Waals surface area contributed by atoms with E-state index in [1.807, 2.05) is 26.0 Å². The molecular weight excluding hydrogens is 206 g/mol. The van der Waals surface area contributed by atoms with Crippen molar-refractivity contribution >= 4 is 5.91 Å². The van der Waals surface area contributed by atoms with Crippen molar-refractivity contribution in [3.8, 4) is 5.75 Å². The largest absolute Gasteiger partial charge is 0.496 e. The quantitative estimate of drug-likeness (QED) is 0.798. The first-order valence-electron chi connectivity index (χ1n) is 5.10. The number of rotatable bonds is 4. The third kappa shape index (κ3) is 2.97. The van der Waals surface area contributed by atoms with Gasteiger partial charge in [-0.2, -0.15) is 0 Å². The van der Waals surface area contributed by atoms with Crippen LogP contribution < -0.4 is 10.1 Å². The number of aryl methyl sites for hydroxylation is 2. The van der Waals surface area contributed by atoms with Crippen molar-refractivity contribution in [2.75, 3.05) is 13.7 Å². The van der Waals surface area contributed by atoms with Crippen LogP contribution in [0.25, 0.3) is 0 Å². The average molecular weight is 223 g/mol. The minimum atomic E-state index is -0.493. The Hall–Kier alpha value is -1.55. The summed E-state index contributed by atoms with van der Waals surface area (Å²) in [6.45, 7) is 3.84. The van der Waals surface area contributed by atoms with Gasteiger partial charge in [-0.15, -0.1) is 0 Å². The first kappa shape index (κ1) is 12.5. The summed E-state index contributed by atoms with van der Waals surface area (Å²) >= 11 is 0. The summed E-state index contributed by atoms with van der Waals surface area (Å²) < 4.78 is 5.26. The molecule has 1 aromatic carbocycles. The third-order valence-electron chi connectivity index (χ3n) is 2.40. The number of aliphatic hydroxyl groups is 1. The first-order valence-corrected chi connectivity index (χ1v) is 5.10. The molecule has 1 aromatic rings. The Labute approximate surface area is 95.2 Å². The maximum absolute atomic E-state index is 11.0. The molecule has 0 spiro atoms. The molecule has 0 unspecified atom stereocenters. The zero-order valence-electron chi connectivity index (χ0n) is 9.83. The maximum Gasteiger partial charge on any atom is 0.245 e. The van der Waals surface area contributed by atoms with E-state index < -0.39 is 6.61 Å². The van der Waals surface area contributed by atoms with Crippen LogP contribution in [0.4, 0.5) is 0 Å². The normalized spacial score (nSPS) is 10.0. The van der Waals surface area contributed by atoms with Crippen LogP contribution >= 0.6 is 0 Å². The lowest BCUT2D eigenvalue weighted by atomic mass is 10.0. The van der Waals surface area contributed by atoms with Gasteiger partial charge < -0.3 is 15.2 Å². The first-order chi connectivity index (χ1) is 7.58. The highest BCUT2D eigenvalue weighted by Crippen LogP contribution is 2.23. The lowest BCUT2D eigenvalue weighted by Crippen LogP contribution is -2.26. The average Bonchev–Trinajstić information content (AvgIpc) is 2.26. The van der Waals surface area contributed by atoms with E-state index >= 15 is 0 Å².